The Morgan fingerprint density at radius 2 is 0.526 bits per heavy atom. The van der Waals surface area contributed by atoms with Gasteiger partial charge in [0.25, 0.3) is 0 Å². The Morgan fingerprint density at radius 1 is 0.316 bits per heavy atom. The van der Waals surface area contributed by atoms with Gasteiger partial charge < -0.3 is 10.2 Å². The van der Waals surface area contributed by atoms with Crippen molar-refractivity contribution >= 4 is 0 Å². The first-order valence-corrected chi connectivity index (χ1v) is 18.0. The molecule has 0 rings (SSSR count). The lowest BCUT2D eigenvalue weighted by Crippen LogP contribution is -2.05. The fourth-order valence-electron chi connectivity index (χ4n) is 5.81. The summed E-state index contributed by atoms with van der Waals surface area (Å²) < 4.78 is 0. The van der Waals surface area contributed by atoms with Crippen LogP contribution in [0.2, 0.25) is 0 Å². The van der Waals surface area contributed by atoms with Crippen molar-refractivity contribution in [3.63, 3.8) is 0 Å². The van der Waals surface area contributed by atoms with Gasteiger partial charge in [0.2, 0.25) is 0 Å². The summed E-state index contributed by atoms with van der Waals surface area (Å²) in [5, 5.41) is 19.1. The van der Waals surface area contributed by atoms with E-state index in [2.05, 4.69) is 13.8 Å². The highest BCUT2D eigenvalue weighted by Crippen LogP contribution is 2.17. The van der Waals surface area contributed by atoms with Crippen molar-refractivity contribution in [3.8, 4) is 0 Å². The number of aliphatic hydroxyl groups excluding tert-OH is 2. The molecule has 2 heteroatoms. The molecule has 1 atom stereocenters. The SMILES string of the molecule is CC(C)CCCCCCCCCCCCCCC(O)CCCCCCCCCCCCCCCCCCO. The van der Waals surface area contributed by atoms with Crippen LogP contribution in [-0.4, -0.2) is 22.9 Å². The molecule has 0 fully saturated rings. The average Bonchev–Trinajstić information content (AvgIpc) is 2.90. The Labute approximate surface area is 241 Å². The summed E-state index contributed by atoms with van der Waals surface area (Å²) in [6.07, 6.45) is 41.7. The fourth-order valence-corrected chi connectivity index (χ4v) is 5.81. The molecule has 1 unspecified atom stereocenters. The minimum Gasteiger partial charge on any atom is -0.396 e. The zero-order chi connectivity index (χ0) is 27.8. The van der Waals surface area contributed by atoms with E-state index in [-0.39, 0.29) is 6.10 Å². The quantitative estimate of drug-likeness (QED) is 0.0815. The molecule has 2 nitrogen and oxygen atoms in total. The molecular weight excluding hydrogens is 464 g/mol. The van der Waals surface area contributed by atoms with Gasteiger partial charge in [-0.25, -0.2) is 0 Å². The Bertz CT molecular complexity index is 408. The molecule has 0 spiro atoms. The second-order valence-corrected chi connectivity index (χ2v) is 13.0. The molecule has 38 heavy (non-hydrogen) atoms. The van der Waals surface area contributed by atoms with Crippen molar-refractivity contribution in [1.29, 1.82) is 0 Å². The third-order valence-corrected chi connectivity index (χ3v) is 8.51. The Balaban J connectivity index is 3.14. The van der Waals surface area contributed by atoms with Gasteiger partial charge in [-0.15, -0.1) is 0 Å². The van der Waals surface area contributed by atoms with Crippen LogP contribution in [0, 0.1) is 5.92 Å². The number of unbranched alkanes of at least 4 members (excludes halogenated alkanes) is 26. The highest BCUT2D eigenvalue weighted by Gasteiger charge is 2.04. The molecule has 0 radical (unpaired) electrons. The smallest absolute Gasteiger partial charge is 0.0540 e. The van der Waals surface area contributed by atoms with Gasteiger partial charge in [-0.2, -0.15) is 0 Å². The summed E-state index contributed by atoms with van der Waals surface area (Å²) in [6.45, 7) is 5.03. The van der Waals surface area contributed by atoms with E-state index in [0.29, 0.717) is 6.61 Å². The first-order valence-electron chi connectivity index (χ1n) is 18.0. The summed E-state index contributed by atoms with van der Waals surface area (Å²) in [7, 11) is 0. The third-order valence-electron chi connectivity index (χ3n) is 8.51. The number of aliphatic hydroxyl groups is 2. The van der Waals surface area contributed by atoms with E-state index in [0.717, 1.165) is 25.2 Å². The van der Waals surface area contributed by atoms with Crippen molar-refractivity contribution < 1.29 is 10.2 Å². The summed E-state index contributed by atoms with van der Waals surface area (Å²) in [5.41, 5.74) is 0. The van der Waals surface area contributed by atoms with E-state index in [1.54, 1.807) is 0 Å². The van der Waals surface area contributed by atoms with Crippen LogP contribution in [0.3, 0.4) is 0 Å². The molecule has 0 saturated carbocycles. The zero-order valence-corrected chi connectivity index (χ0v) is 26.7. The maximum atomic E-state index is 10.3. The van der Waals surface area contributed by atoms with E-state index in [9.17, 15) is 5.11 Å². The van der Waals surface area contributed by atoms with Crippen molar-refractivity contribution in [2.75, 3.05) is 6.61 Å². The summed E-state index contributed by atoms with van der Waals surface area (Å²) >= 11 is 0. The molecule has 0 aromatic rings. The molecular formula is C36H74O2. The average molecular weight is 539 g/mol. The first kappa shape index (κ1) is 37.9. The minimum atomic E-state index is -0.0453. The molecule has 0 saturated heterocycles. The molecule has 0 amide bonds. The van der Waals surface area contributed by atoms with Crippen LogP contribution in [0.5, 0.6) is 0 Å². The molecule has 0 aromatic heterocycles. The molecule has 230 valence electrons. The van der Waals surface area contributed by atoms with Gasteiger partial charge >= 0.3 is 0 Å². The molecule has 0 heterocycles. The van der Waals surface area contributed by atoms with Crippen LogP contribution in [0.4, 0.5) is 0 Å². The number of hydrogen-bond donors (Lipinski definition) is 2. The maximum absolute atomic E-state index is 10.3. The number of rotatable bonds is 33. The van der Waals surface area contributed by atoms with Gasteiger partial charge in [0.15, 0.2) is 0 Å². The Hall–Kier alpha value is -0.0800. The van der Waals surface area contributed by atoms with Crippen LogP contribution in [0.25, 0.3) is 0 Å². The number of hydrogen-bond acceptors (Lipinski definition) is 2. The monoisotopic (exact) mass is 539 g/mol. The summed E-state index contributed by atoms with van der Waals surface area (Å²) in [4.78, 5) is 0. The van der Waals surface area contributed by atoms with E-state index in [1.165, 1.54) is 180 Å². The lowest BCUT2D eigenvalue weighted by atomic mass is 10.0. The summed E-state index contributed by atoms with van der Waals surface area (Å²) in [6, 6.07) is 0. The lowest BCUT2D eigenvalue weighted by molar-refractivity contribution is 0.147. The van der Waals surface area contributed by atoms with Crippen molar-refractivity contribution in [2.45, 2.75) is 219 Å². The Kier molecular flexibility index (Phi) is 33.1. The summed E-state index contributed by atoms with van der Waals surface area (Å²) in [5.74, 6) is 0.878. The topological polar surface area (TPSA) is 40.5 Å². The van der Waals surface area contributed by atoms with Crippen LogP contribution in [0.1, 0.15) is 213 Å². The van der Waals surface area contributed by atoms with Crippen LogP contribution >= 0.6 is 0 Å². The van der Waals surface area contributed by atoms with Gasteiger partial charge in [0, 0.05) is 6.61 Å². The lowest BCUT2D eigenvalue weighted by Gasteiger charge is -2.10. The van der Waals surface area contributed by atoms with Gasteiger partial charge in [-0.05, 0) is 25.2 Å². The minimum absolute atomic E-state index is 0.0453. The standard InChI is InChI=1S/C36H74O2/c1-35(2)31-27-23-19-15-11-8-9-13-17-21-25-29-33-36(38)32-28-24-20-16-12-7-5-3-4-6-10-14-18-22-26-30-34-37/h35-38H,3-34H2,1-2H3. The van der Waals surface area contributed by atoms with Crippen LogP contribution in [-0.2, 0) is 0 Å². The van der Waals surface area contributed by atoms with Gasteiger partial charge in [0.05, 0.1) is 6.10 Å². The molecule has 2 N–H and O–H groups in total. The van der Waals surface area contributed by atoms with Crippen molar-refractivity contribution in [3.05, 3.63) is 0 Å². The second-order valence-electron chi connectivity index (χ2n) is 13.0. The predicted molar refractivity (Wildman–Crippen MR) is 171 cm³/mol. The largest absolute Gasteiger partial charge is 0.396 e. The predicted octanol–water partition coefficient (Wildman–Crippen LogP) is 12.1. The molecule has 0 aromatic carbocycles. The van der Waals surface area contributed by atoms with E-state index >= 15 is 0 Å². The Morgan fingerprint density at radius 3 is 0.763 bits per heavy atom. The molecule has 0 aliphatic heterocycles. The highest BCUT2D eigenvalue weighted by atomic mass is 16.3. The van der Waals surface area contributed by atoms with E-state index in [4.69, 9.17) is 5.11 Å². The second kappa shape index (κ2) is 33.1. The van der Waals surface area contributed by atoms with Gasteiger partial charge in [0.1, 0.15) is 0 Å². The van der Waals surface area contributed by atoms with E-state index < -0.39 is 0 Å². The molecule has 0 aliphatic carbocycles. The van der Waals surface area contributed by atoms with Crippen molar-refractivity contribution in [2.24, 2.45) is 5.92 Å². The maximum Gasteiger partial charge on any atom is 0.0540 e. The molecule has 0 bridgehead atoms. The normalized spacial score (nSPS) is 12.6. The first-order chi connectivity index (χ1) is 18.7. The van der Waals surface area contributed by atoms with Crippen LogP contribution in [0.15, 0.2) is 0 Å². The molecule has 0 aliphatic rings. The zero-order valence-electron chi connectivity index (χ0n) is 26.7. The van der Waals surface area contributed by atoms with Crippen molar-refractivity contribution in [1.82, 2.24) is 0 Å². The third kappa shape index (κ3) is 33.9. The fraction of sp³-hybridized carbons (Fsp3) is 1.00. The van der Waals surface area contributed by atoms with E-state index in [1.807, 2.05) is 0 Å². The van der Waals surface area contributed by atoms with Gasteiger partial charge in [-0.1, -0.05) is 194 Å². The van der Waals surface area contributed by atoms with Crippen LogP contribution < -0.4 is 0 Å². The highest BCUT2D eigenvalue weighted by molar-refractivity contribution is 4.58. The van der Waals surface area contributed by atoms with Gasteiger partial charge in [-0.3, -0.25) is 0 Å².